The number of nitrogens with one attached hydrogen (secondary N) is 1. The monoisotopic (exact) mass is 508 g/mol. The number of anilines is 1. The van der Waals surface area contributed by atoms with Gasteiger partial charge in [-0.2, -0.15) is 13.2 Å². The molecule has 0 saturated heterocycles. The number of nitrogens with zero attached hydrogens (tertiary/aromatic N) is 2. The van der Waals surface area contributed by atoms with Gasteiger partial charge in [0, 0.05) is 12.3 Å². The van der Waals surface area contributed by atoms with Gasteiger partial charge in [0.05, 0.1) is 22.6 Å². The number of amidine groups is 1. The Bertz CT molecular complexity index is 1310. The van der Waals surface area contributed by atoms with Crippen LogP contribution in [0.1, 0.15) is 42.4 Å². The van der Waals surface area contributed by atoms with Gasteiger partial charge in [0.25, 0.3) is 5.91 Å². The summed E-state index contributed by atoms with van der Waals surface area (Å²) >= 11 is 0. The number of carbonyl (C=O) groups is 1. The summed E-state index contributed by atoms with van der Waals surface area (Å²) in [7, 11) is -4.11. The summed E-state index contributed by atoms with van der Waals surface area (Å²) in [6.07, 6.45) is -4.34. The van der Waals surface area contributed by atoms with Gasteiger partial charge in [0.15, 0.2) is 27.3 Å². The fourth-order valence-corrected chi connectivity index (χ4v) is 4.99. The number of hydrogen-bond acceptors (Lipinski definition) is 6. The minimum Gasteiger partial charge on any atom is -0.386 e. The third-order valence-corrected chi connectivity index (χ3v) is 8.21. The van der Waals surface area contributed by atoms with Crippen LogP contribution in [0.3, 0.4) is 0 Å². The smallest absolute Gasteiger partial charge is 0.386 e. The van der Waals surface area contributed by atoms with Crippen LogP contribution < -0.4 is 11.1 Å². The fourth-order valence-electron chi connectivity index (χ4n) is 3.32. The second kappa shape index (κ2) is 7.96. The highest BCUT2D eigenvalue weighted by Gasteiger charge is 2.51. The largest absolute Gasteiger partial charge is 0.417 e. The molecule has 0 spiro atoms. The van der Waals surface area contributed by atoms with E-state index in [1.807, 2.05) is 5.32 Å². The Morgan fingerprint density at radius 3 is 2.24 bits per heavy atom. The van der Waals surface area contributed by atoms with E-state index in [-0.39, 0.29) is 0 Å². The first kappa shape index (κ1) is 25.5. The molecule has 0 fully saturated rings. The molecule has 3 rings (SSSR count). The molecule has 0 bridgehead atoms. The lowest BCUT2D eigenvalue weighted by Crippen LogP contribution is -2.55. The molecule has 0 radical (unpaired) electrons. The molecule has 184 valence electrons. The second-order valence-corrected chi connectivity index (χ2v) is 10.9. The summed E-state index contributed by atoms with van der Waals surface area (Å²) in [5.74, 6) is -7.51. The molecular weight excluding hydrogens is 490 g/mol. The predicted molar refractivity (Wildman–Crippen MR) is 110 cm³/mol. The molecule has 1 aromatic heterocycles. The molecule has 2 aromatic rings. The van der Waals surface area contributed by atoms with Crippen molar-refractivity contribution < 1.29 is 39.6 Å². The third-order valence-electron chi connectivity index (χ3n) is 5.50. The highest BCUT2D eigenvalue weighted by atomic mass is 32.2. The van der Waals surface area contributed by atoms with Crippen molar-refractivity contribution >= 4 is 27.3 Å². The van der Waals surface area contributed by atoms with Crippen LogP contribution in [0.15, 0.2) is 29.4 Å². The van der Waals surface area contributed by atoms with Crippen LogP contribution >= 0.6 is 0 Å². The number of halogens is 6. The van der Waals surface area contributed by atoms with Crippen molar-refractivity contribution in [3.63, 3.8) is 0 Å². The number of benzene rings is 1. The highest BCUT2D eigenvalue weighted by Crippen LogP contribution is 2.41. The van der Waals surface area contributed by atoms with Gasteiger partial charge in [-0.05, 0) is 32.9 Å². The summed E-state index contributed by atoms with van der Waals surface area (Å²) in [6, 6.07) is 1.56. The number of rotatable bonds is 3. The minimum absolute atomic E-state index is 0.299. The molecule has 14 heteroatoms. The van der Waals surface area contributed by atoms with Crippen LogP contribution in [-0.4, -0.2) is 35.6 Å². The van der Waals surface area contributed by atoms with Gasteiger partial charge in [-0.3, -0.25) is 14.8 Å². The van der Waals surface area contributed by atoms with Crippen molar-refractivity contribution in [1.29, 1.82) is 0 Å². The number of aliphatic imine (C=N–C) groups is 1. The van der Waals surface area contributed by atoms with E-state index in [2.05, 4.69) is 9.98 Å². The molecule has 7 nitrogen and oxygen atoms in total. The van der Waals surface area contributed by atoms with E-state index in [0.29, 0.717) is 24.4 Å². The van der Waals surface area contributed by atoms with Gasteiger partial charge < -0.3 is 11.1 Å². The van der Waals surface area contributed by atoms with Crippen LogP contribution in [0.2, 0.25) is 0 Å². The third kappa shape index (κ3) is 4.21. The maximum absolute atomic E-state index is 15.3. The molecule has 2 heterocycles. The maximum Gasteiger partial charge on any atom is 0.417 e. The SMILES string of the molecule is CC1(C)C(N)=N[C@](C)(c2c(F)c(F)cc(NC(=O)c3ccc(C(F)(F)F)cn3)c2F)CS1(=O)=O. The quantitative estimate of drug-likeness (QED) is 0.486. The maximum atomic E-state index is 15.3. The summed E-state index contributed by atoms with van der Waals surface area (Å²) in [5.41, 5.74) is -0.144. The van der Waals surface area contributed by atoms with Gasteiger partial charge in [0.1, 0.15) is 21.8 Å². The molecule has 0 saturated carbocycles. The first-order valence-corrected chi connectivity index (χ1v) is 11.2. The molecule has 1 atom stereocenters. The van der Waals surface area contributed by atoms with Gasteiger partial charge in [-0.15, -0.1) is 0 Å². The summed E-state index contributed by atoms with van der Waals surface area (Å²) in [6.45, 7) is 3.54. The number of aromatic nitrogens is 1. The van der Waals surface area contributed by atoms with Crippen molar-refractivity contribution in [2.45, 2.75) is 37.2 Å². The predicted octanol–water partition coefficient (Wildman–Crippen LogP) is 3.55. The normalized spacial score (nSPS) is 21.6. The number of sulfone groups is 1. The number of amides is 1. The Morgan fingerprint density at radius 2 is 1.74 bits per heavy atom. The first-order chi connectivity index (χ1) is 15.4. The van der Waals surface area contributed by atoms with E-state index in [1.54, 1.807) is 0 Å². The lowest BCUT2D eigenvalue weighted by atomic mass is 9.91. The summed E-state index contributed by atoms with van der Waals surface area (Å²) < 4.78 is 106. The second-order valence-electron chi connectivity index (χ2n) is 8.33. The van der Waals surface area contributed by atoms with E-state index in [9.17, 15) is 35.2 Å². The van der Waals surface area contributed by atoms with E-state index in [0.717, 1.165) is 6.92 Å². The number of nitrogens with two attached hydrogens (primary N) is 1. The Balaban J connectivity index is 2.06. The van der Waals surface area contributed by atoms with Crippen molar-refractivity contribution in [2.75, 3.05) is 11.1 Å². The summed E-state index contributed by atoms with van der Waals surface area (Å²) in [5, 5.41) is 1.90. The zero-order chi connectivity index (χ0) is 25.9. The Hall–Kier alpha value is -3.16. The molecule has 0 aliphatic carbocycles. The topological polar surface area (TPSA) is 115 Å². The molecular formula is C20H18F6N4O3S. The van der Waals surface area contributed by atoms with E-state index in [1.165, 1.54) is 13.8 Å². The molecule has 34 heavy (non-hydrogen) atoms. The lowest BCUT2D eigenvalue weighted by molar-refractivity contribution is -0.137. The molecule has 1 aromatic carbocycles. The van der Waals surface area contributed by atoms with E-state index in [4.69, 9.17) is 5.73 Å². The Kier molecular flexibility index (Phi) is 5.96. The average Bonchev–Trinajstić information content (AvgIpc) is 2.69. The summed E-state index contributed by atoms with van der Waals surface area (Å²) in [4.78, 5) is 19.6. The fraction of sp³-hybridized carbons (Fsp3) is 0.350. The number of alkyl halides is 3. The van der Waals surface area contributed by atoms with Crippen LogP contribution in [-0.2, 0) is 21.6 Å². The first-order valence-electron chi connectivity index (χ1n) is 9.51. The molecule has 3 N–H and O–H groups in total. The van der Waals surface area contributed by atoms with Crippen LogP contribution in [0.25, 0.3) is 0 Å². The van der Waals surface area contributed by atoms with Crippen LogP contribution in [0.5, 0.6) is 0 Å². The van der Waals surface area contributed by atoms with Crippen molar-refractivity contribution in [3.05, 3.63) is 58.7 Å². The van der Waals surface area contributed by atoms with Crippen molar-refractivity contribution in [1.82, 2.24) is 4.98 Å². The number of hydrogen-bond donors (Lipinski definition) is 2. The Morgan fingerprint density at radius 1 is 1.12 bits per heavy atom. The van der Waals surface area contributed by atoms with Gasteiger partial charge in [-0.25, -0.2) is 21.6 Å². The molecule has 1 amide bonds. The standard InChI is InChI=1S/C20H18F6N4O3S/c1-18(2)17(27)30-19(3,8-34(18,32)33)13-14(22)10(21)6-12(15(13)23)29-16(31)11-5-4-9(7-28-11)20(24,25)26/h4-7H,8H2,1-3H3,(H2,27,30)(H,29,31)/t19-/m0/s1. The van der Waals surface area contributed by atoms with Gasteiger partial charge >= 0.3 is 6.18 Å². The highest BCUT2D eigenvalue weighted by molar-refractivity contribution is 7.93. The molecule has 0 unspecified atom stereocenters. The van der Waals surface area contributed by atoms with E-state index >= 15 is 4.39 Å². The van der Waals surface area contributed by atoms with Crippen molar-refractivity contribution in [3.8, 4) is 0 Å². The Labute approximate surface area is 190 Å². The van der Waals surface area contributed by atoms with Crippen LogP contribution in [0, 0.1) is 17.5 Å². The van der Waals surface area contributed by atoms with Crippen molar-refractivity contribution in [2.24, 2.45) is 10.7 Å². The van der Waals surface area contributed by atoms with Crippen LogP contribution in [0.4, 0.5) is 32.0 Å². The number of carbonyl (C=O) groups excluding carboxylic acids is 1. The van der Waals surface area contributed by atoms with Gasteiger partial charge in [0.2, 0.25) is 0 Å². The average molecular weight is 508 g/mol. The van der Waals surface area contributed by atoms with E-state index < -0.39 is 83.8 Å². The zero-order valence-corrected chi connectivity index (χ0v) is 18.7. The lowest BCUT2D eigenvalue weighted by Gasteiger charge is -2.38. The minimum atomic E-state index is -4.71. The molecule has 1 aliphatic heterocycles. The number of pyridine rings is 1. The van der Waals surface area contributed by atoms with Gasteiger partial charge in [-0.1, -0.05) is 0 Å². The molecule has 1 aliphatic rings. The zero-order valence-electron chi connectivity index (χ0n) is 17.9.